The molecule has 0 saturated carbocycles. The van der Waals surface area contributed by atoms with Crippen molar-refractivity contribution in [1.82, 2.24) is 10.2 Å². The SMILES string of the molecule is CN1C[C@@](COCc2cc(C(F)(F)F)cc(C(F)(F)F)c2)(c2ccccc2)N=C1NC(=O)C(F)(F)F. The third-order valence-electron chi connectivity index (χ3n) is 5.23. The van der Waals surface area contributed by atoms with Gasteiger partial charge in [0.05, 0.1) is 30.9 Å². The molecule has 36 heavy (non-hydrogen) atoms. The summed E-state index contributed by atoms with van der Waals surface area (Å²) in [4.78, 5) is 16.8. The van der Waals surface area contributed by atoms with Crippen LogP contribution in [0.15, 0.2) is 53.5 Å². The zero-order valence-electron chi connectivity index (χ0n) is 18.4. The fourth-order valence-electron chi connectivity index (χ4n) is 3.59. The highest BCUT2D eigenvalue weighted by molar-refractivity contribution is 6.00. The number of halogens is 9. The highest BCUT2D eigenvalue weighted by Gasteiger charge is 2.45. The van der Waals surface area contributed by atoms with Gasteiger partial charge >= 0.3 is 24.4 Å². The molecule has 0 saturated heterocycles. The fourth-order valence-corrected chi connectivity index (χ4v) is 3.59. The number of nitrogens with zero attached hydrogens (tertiary/aromatic N) is 2. The van der Waals surface area contributed by atoms with Gasteiger partial charge in [-0.2, -0.15) is 39.5 Å². The number of ether oxygens (including phenoxy) is 1. The highest BCUT2D eigenvalue weighted by Crippen LogP contribution is 2.37. The Kier molecular flexibility index (Phi) is 7.31. The first kappa shape index (κ1) is 27.3. The molecule has 0 radical (unpaired) electrons. The van der Waals surface area contributed by atoms with Crippen LogP contribution in [0.4, 0.5) is 39.5 Å². The van der Waals surface area contributed by atoms with E-state index in [9.17, 15) is 44.3 Å². The van der Waals surface area contributed by atoms with Gasteiger partial charge in [-0.05, 0) is 29.3 Å². The van der Waals surface area contributed by atoms with Crippen LogP contribution in [-0.2, 0) is 34.0 Å². The molecule has 0 aliphatic carbocycles. The zero-order valence-corrected chi connectivity index (χ0v) is 18.4. The summed E-state index contributed by atoms with van der Waals surface area (Å²) < 4.78 is 122. The number of nitrogens with one attached hydrogen (secondary N) is 1. The lowest BCUT2D eigenvalue weighted by Gasteiger charge is -2.27. The Labute approximate surface area is 198 Å². The molecule has 196 valence electrons. The van der Waals surface area contributed by atoms with E-state index < -0.39 is 65.8 Å². The number of carbonyl (C=O) groups is 1. The molecule has 2 aromatic carbocycles. The summed E-state index contributed by atoms with van der Waals surface area (Å²) in [5, 5.41) is 1.66. The van der Waals surface area contributed by atoms with Crippen LogP contribution in [0.5, 0.6) is 0 Å². The number of benzene rings is 2. The number of aliphatic imine (C=N–C) groups is 1. The van der Waals surface area contributed by atoms with Crippen molar-refractivity contribution in [2.24, 2.45) is 4.99 Å². The van der Waals surface area contributed by atoms with Gasteiger partial charge in [0.1, 0.15) is 5.54 Å². The summed E-state index contributed by atoms with van der Waals surface area (Å²) in [5.74, 6) is -2.69. The summed E-state index contributed by atoms with van der Waals surface area (Å²) in [6.07, 6.45) is -15.3. The first-order chi connectivity index (χ1) is 16.5. The molecule has 1 amide bonds. The second kappa shape index (κ2) is 9.64. The summed E-state index contributed by atoms with van der Waals surface area (Å²) in [5.41, 5.74) is -4.40. The Morgan fingerprint density at radius 1 is 0.972 bits per heavy atom. The topological polar surface area (TPSA) is 53.9 Å². The number of guanidine groups is 1. The molecule has 1 aliphatic heterocycles. The molecule has 14 heteroatoms. The number of alkyl halides is 9. The quantitative estimate of drug-likeness (QED) is 0.550. The van der Waals surface area contributed by atoms with E-state index in [1.807, 2.05) is 0 Å². The standard InChI is InChI=1S/C22H18F9N3O2/c1-34-11-19(14-5-3-2-4-6-14,33-18(34)32-17(35)22(29,30)31)12-36-10-13-7-15(20(23,24)25)9-16(8-13)21(26,27)28/h2-9H,10-12H2,1H3,(H,32,33,35)/t19-/m1/s1. The van der Waals surface area contributed by atoms with E-state index in [1.54, 1.807) is 35.6 Å². The molecule has 5 nitrogen and oxygen atoms in total. The van der Waals surface area contributed by atoms with Crippen molar-refractivity contribution in [3.8, 4) is 0 Å². The first-order valence-corrected chi connectivity index (χ1v) is 10.1. The van der Waals surface area contributed by atoms with Crippen LogP contribution in [0.2, 0.25) is 0 Å². The minimum Gasteiger partial charge on any atom is -0.374 e. The van der Waals surface area contributed by atoms with Gasteiger partial charge in [-0.3, -0.25) is 10.1 Å². The van der Waals surface area contributed by atoms with Crippen molar-refractivity contribution >= 4 is 11.9 Å². The highest BCUT2D eigenvalue weighted by atomic mass is 19.4. The Hall–Kier alpha value is -3.29. The molecule has 0 spiro atoms. The number of amides is 1. The van der Waals surface area contributed by atoms with E-state index in [1.165, 1.54) is 11.9 Å². The lowest BCUT2D eigenvalue weighted by Crippen LogP contribution is -2.45. The van der Waals surface area contributed by atoms with Crippen LogP contribution < -0.4 is 5.32 Å². The van der Waals surface area contributed by atoms with Crippen molar-refractivity contribution < 1.29 is 49.0 Å². The maximum atomic E-state index is 13.1. The number of carbonyl (C=O) groups excluding carboxylic acids is 1. The van der Waals surface area contributed by atoms with Crippen LogP contribution in [0.1, 0.15) is 22.3 Å². The second-order valence-corrected chi connectivity index (χ2v) is 8.05. The summed E-state index contributed by atoms with van der Waals surface area (Å²) >= 11 is 0. The van der Waals surface area contributed by atoms with E-state index in [0.29, 0.717) is 17.7 Å². The van der Waals surface area contributed by atoms with Crippen LogP contribution in [0, 0.1) is 0 Å². The third-order valence-corrected chi connectivity index (χ3v) is 5.23. The van der Waals surface area contributed by atoms with Crippen LogP contribution in [0.25, 0.3) is 0 Å². The Balaban J connectivity index is 1.89. The summed E-state index contributed by atoms with van der Waals surface area (Å²) in [7, 11) is 1.35. The van der Waals surface area contributed by atoms with Gasteiger partial charge in [-0.1, -0.05) is 30.3 Å². The van der Waals surface area contributed by atoms with Gasteiger partial charge in [0.25, 0.3) is 0 Å². The first-order valence-electron chi connectivity index (χ1n) is 10.1. The molecule has 0 bridgehead atoms. The van der Waals surface area contributed by atoms with Crippen molar-refractivity contribution in [2.75, 3.05) is 20.2 Å². The van der Waals surface area contributed by atoms with Crippen molar-refractivity contribution in [3.05, 3.63) is 70.8 Å². The van der Waals surface area contributed by atoms with Crippen molar-refractivity contribution in [2.45, 2.75) is 30.7 Å². The van der Waals surface area contributed by atoms with E-state index in [4.69, 9.17) is 4.74 Å². The second-order valence-electron chi connectivity index (χ2n) is 8.05. The van der Waals surface area contributed by atoms with Gasteiger partial charge in [-0.15, -0.1) is 0 Å². The maximum Gasteiger partial charge on any atom is 0.471 e. The average molecular weight is 527 g/mol. The Morgan fingerprint density at radius 2 is 1.53 bits per heavy atom. The number of hydrogen-bond acceptors (Lipinski definition) is 4. The fraction of sp³-hybridized carbons (Fsp3) is 0.364. The third kappa shape index (κ3) is 6.28. The lowest BCUT2D eigenvalue weighted by molar-refractivity contribution is -0.172. The van der Waals surface area contributed by atoms with E-state index in [2.05, 4.69) is 4.99 Å². The minimum atomic E-state index is -5.18. The van der Waals surface area contributed by atoms with Crippen LogP contribution in [0.3, 0.4) is 0 Å². The van der Waals surface area contributed by atoms with Gasteiger partial charge in [-0.25, -0.2) is 4.99 Å². The van der Waals surface area contributed by atoms with Gasteiger partial charge < -0.3 is 9.64 Å². The predicted molar refractivity (Wildman–Crippen MR) is 108 cm³/mol. The van der Waals surface area contributed by atoms with Crippen LogP contribution in [-0.4, -0.2) is 43.1 Å². The number of likely N-dealkylation sites (N-methyl/N-ethyl adjacent to an activating group) is 1. The van der Waals surface area contributed by atoms with Gasteiger partial charge in [0, 0.05) is 7.05 Å². The molecule has 1 atom stereocenters. The molecule has 1 heterocycles. The lowest BCUT2D eigenvalue weighted by atomic mass is 9.92. The predicted octanol–water partition coefficient (Wildman–Crippen LogP) is 5.12. The number of rotatable bonds is 5. The van der Waals surface area contributed by atoms with Crippen LogP contribution >= 0.6 is 0 Å². The summed E-state index contributed by atoms with van der Waals surface area (Å²) in [6.45, 7) is -1.20. The maximum absolute atomic E-state index is 13.1. The normalized spacial score (nSPS) is 18.8. The monoisotopic (exact) mass is 527 g/mol. The van der Waals surface area contributed by atoms with E-state index >= 15 is 0 Å². The number of hydrogen-bond donors (Lipinski definition) is 1. The zero-order chi connectivity index (χ0) is 26.9. The Bertz CT molecular complexity index is 1100. The largest absolute Gasteiger partial charge is 0.471 e. The van der Waals surface area contributed by atoms with Gasteiger partial charge in [0.2, 0.25) is 5.96 Å². The molecule has 0 aromatic heterocycles. The summed E-state index contributed by atoms with van der Waals surface area (Å²) in [6, 6.07) is 9.01. The molecular weight excluding hydrogens is 509 g/mol. The van der Waals surface area contributed by atoms with Crippen molar-refractivity contribution in [3.63, 3.8) is 0 Å². The van der Waals surface area contributed by atoms with Gasteiger partial charge in [0.15, 0.2) is 0 Å². The smallest absolute Gasteiger partial charge is 0.374 e. The molecule has 2 aromatic rings. The minimum absolute atomic E-state index is 0.0131. The molecule has 3 rings (SSSR count). The molecule has 1 N–H and O–H groups in total. The van der Waals surface area contributed by atoms with E-state index in [-0.39, 0.29) is 12.6 Å². The average Bonchev–Trinajstić information content (AvgIpc) is 3.08. The Morgan fingerprint density at radius 3 is 2.03 bits per heavy atom. The molecule has 0 fully saturated rings. The molecular formula is C22H18F9N3O2. The molecule has 1 aliphatic rings. The van der Waals surface area contributed by atoms with E-state index in [0.717, 1.165) is 0 Å². The van der Waals surface area contributed by atoms with Crippen molar-refractivity contribution in [1.29, 1.82) is 0 Å². The molecule has 0 unspecified atom stereocenters.